The maximum atomic E-state index is 11.8. The summed E-state index contributed by atoms with van der Waals surface area (Å²) in [7, 11) is 0. The molecule has 7 heteroatoms. The van der Waals surface area contributed by atoms with E-state index >= 15 is 0 Å². The zero-order valence-corrected chi connectivity index (χ0v) is 14.6. The Labute approximate surface area is 145 Å². The minimum absolute atomic E-state index is 0.0973. The number of rotatable bonds is 7. The molecule has 1 heterocycles. The highest BCUT2D eigenvalue weighted by Gasteiger charge is 2.07. The van der Waals surface area contributed by atoms with Crippen molar-refractivity contribution in [2.45, 2.75) is 26.8 Å². The standard InChI is InChI=1S/C16H19Cl2N3O2/c1-11-8-12(2)21(20-11)7-3-6-19-16(22)10-23-15-9-13(17)4-5-14(15)18/h4-5,8-9H,3,6-7,10H2,1-2H3,(H,19,22). The first-order chi connectivity index (χ1) is 11.0. The number of aryl methyl sites for hydroxylation is 3. The van der Waals surface area contributed by atoms with Gasteiger partial charge in [0.1, 0.15) is 5.75 Å². The third kappa shape index (κ3) is 5.44. The Bertz CT molecular complexity index is 686. The van der Waals surface area contributed by atoms with Gasteiger partial charge in [0.25, 0.3) is 5.91 Å². The number of benzene rings is 1. The van der Waals surface area contributed by atoms with Crippen molar-refractivity contribution in [2.24, 2.45) is 0 Å². The number of nitrogens with zero attached hydrogens (tertiary/aromatic N) is 2. The minimum atomic E-state index is -0.200. The van der Waals surface area contributed by atoms with Gasteiger partial charge in [-0.3, -0.25) is 9.48 Å². The molecular formula is C16H19Cl2N3O2. The number of halogens is 2. The van der Waals surface area contributed by atoms with E-state index in [2.05, 4.69) is 10.4 Å². The Kier molecular flexibility index (Phi) is 6.30. The van der Waals surface area contributed by atoms with Gasteiger partial charge >= 0.3 is 0 Å². The maximum Gasteiger partial charge on any atom is 0.257 e. The molecule has 0 aliphatic carbocycles. The zero-order chi connectivity index (χ0) is 16.8. The summed E-state index contributed by atoms with van der Waals surface area (Å²) in [5.41, 5.74) is 2.12. The Hall–Kier alpha value is -1.72. The lowest BCUT2D eigenvalue weighted by Gasteiger charge is -2.09. The van der Waals surface area contributed by atoms with Gasteiger partial charge < -0.3 is 10.1 Å². The summed E-state index contributed by atoms with van der Waals surface area (Å²) in [4.78, 5) is 11.8. The number of hydrogen-bond donors (Lipinski definition) is 1. The van der Waals surface area contributed by atoms with Crippen LogP contribution in [0.15, 0.2) is 24.3 Å². The average molecular weight is 356 g/mol. The quantitative estimate of drug-likeness (QED) is 0.774. The fourth-order valence-corrected chi connectivity index (χ4v) is 2.47. The van der Waals surface area contributed by atoms with Crippen molar-refractivity contribution in [3.05, 3.63) is 45.7 Å². The topological polar surface area (TPSA) is 56.2 Å². The molecule has 0 fully saturated rings. The molecule has 2 aromatic rings. The van der Waals surface area contributed by atoms with E-state index in [9.17, 15) is 4.79 Å². The highest BCUT2D eigenvalue weighted by molar-refractivity contribution is 6.34. The van der Waals surface area contributed by atoms with Crippen LogP contribution >= 0.6 is 23.2 Å². The molecule has 0 unspecified atom stereocenters. The van der Waals surface area contributed by atoms with Gasteiger partial charge in [-0.05, 0) is 38.5 Å². The lowest BCUT2D eigenvalue weighted by molar-refractivity contribution is -0.123. The monoisotopic (exact) mass is 355 g/mol. The highest BCUT2D eigenvalue weighted by atomic mass is 35.5. The zero-order valence-electron chi connectivity index (χ0n) is 13.1. The molecular weight excluding hydrogens is 337 g/mol. The molecule has 1 N–H and O–H groups in total. The Morgan fingerprint density at radius 1 is 1.30 bits per heavy atom. The molecule has 0 bridgehead atoms. The molecule has 0 saturated heterocycles. The number of nitrogens with one attached hydrogen (secondary N) is 1. The van der Waals surface area contributed by atoms with E-state index in [0.29, 0.717) is 22.3 Å². The second-order valence-corrected chi connectivity index (χ2v) is 6.06. The fraction of sp³-hybridized carbons (Fsp3) is 0.375. The minimum Gasteiger partial charge on any atom is -0.482 e. The summed E-state index contributed by atoms with van der Waals surface area (Å²) in [6, 6.07) is 6.91. The number of hydrogen-bond acceptors (Lipinski definition) is 3. The van der Waals surface area contributed by atoms with Gasteiger partial charge in [0.2, 0.25) is 0 Å². The Morgan fingerprint density at radius 3 is 2.78 bits per heavy atom. The molecule has 0 aliphatic rings. The third-order valence-electron chi connectivity index (χ3n) is 3.22. The number of amides is 1. The van der Waals surface area contributed by atoms with Crippen LogP contribution in [-0.4, -0.2) is 28.8 Å². The fourth-order valence-electron chi connectivity index (χ4n) is 2.14. The molecule has 5 nitrogen and oxygen atoms in total. The van der Waals surface area contributed by atoms with E-state index < -0.39 is 0 Å². The molecule has 0 aliphatic heterocycles. The van der Waals surface area contributed by atoms with E-state index in [1.165, 1.54) is 0 Å². The summed E-state index contributed by atoms with van der Waals surface area (Å²) in [5, 5.41) is 8.11. The largest absolute Gasteiger partial charge is 0.482 e. The molecule has 23 heavy (non-hydrogen) atoms. The highest BCUT2D eigenvalue weighted by Crippen LogP contribution is 2.27. The lowest BCUT2D eigenvalue weighted by Crippen LogP contribution is -2.30. The van der Waals surface area contributed by atoms with Crippen LogP contribution in [0.25, 0.3) is 0 Å². The van der Waals surface area contributed by atoms with Crippen molar-refractivity contribution in [1.29, 1.82) is 0 Å². The number of ether oxygens (including phenoxy) is 1. The number of carbonyl (C=O) groups is 1. The van der Waals surface area contributed by atoms with Crippen LogP contribution in [0.1, 0.15) is 17.8 Å². The van der Waals surface area contributed by atoms with Crippen molar-refractivity contribution in [1.82, 2.24) is 15.1 Å². The number of aromatic nitrogens is 2. The summed E-state index contributed by atoms with van der Waals surface area (Å²) in [6.45, 7) is 5.20. The average Bonchev–Trinajstić information content (AvgIpc) is 2.82. The van der Waals surface area contributed by atoms with E-state index in [4.69, 9.17) is 27.9 Å². The van der Waals surface area contributed by atoms with Crippen LogP contribution in [0.5, 0.6) is 5.75 Å². The number of carbonyl (C=O) groups excluding carboxylic acids is 1. The van der Waals surface area contributed by atoms with E-state index in [-0.39, 0.29) is 12.5 Å². The second kappa shape index (κ2) is 8.22. The second-order valence-electron chi connectivity index (χ2n) is 5.22. The molecule has 1 aromatic heterocycles. The molecule has 0 saturated carbocycles. The van der Waals surface area contributed by atoms with Crippen LogP contribution in [0, 0.1) is 13.8 Å². The van der Waals surface area contributed by atoms with Crippen molar-refractivity contribution in [3.63, 3.8) is 0 Å². The predicted octanol–water partition coefficient (Wildman–Crippen LogP) is 3.39. The molecule has 1 amide bonds. The van der Waals surface area contributed by atoms with Crippen molar-refractivity contribution in [2.75, 3.05) is 13.2 Å². The first-order valence-corrected chi connectivity index (χ1v) is 8.07. The van der Waals surface area contributed by atoms with Crippen LogP contribution < -0.4 is 10.1 Å². The van der Waals surface area contributed by atoms with Gasteiger partial charge in [-0.2, -0.15) is 5.10 Å². The van der Waals surface area contributed by atoms with Gasteiger partial charge in [0.05, 0.1) is 10.7 Å². The first kappa shape index (κ1) is 17.6. The third-order valence-corrected chi connectivity index (χ3v) is 3.77. The summed E-state index contributed by atoms with van der Waals surface area (Å²) < 4.78 is 7.31. The van der Waals surface area contributed by atoms with Crippen molar-refractivity contribution >= 4 is 29.1 Å². The molecule has 124 valence electrons. The van der Waals surface area contributed by atoms with E-state index in [1.807, 2.05) is 24.6 Å². The van der Waals surface area contributed by atoms with Gasteiger partial charge in [-0.1, -0.05) is 23.2 Å². The summed E-state index contributed by atoms with van der Waals surface area (Å²) >= 11 is 11.8. The first-order valence-electron chi connectivity index (χ1n) is 7.31. The molecule has 2 rings (SSSR count). The van der Waals surface area contributed by atoms with Crippen LogP contribution in [0.2, 0.25) is 10.0 Å². The Morgan fingerprint density at radius 2 is 2.09 bits per heavy atom. The van der Waals surface area contributed by atoms with Crippen LogP contribution in [-0.2, 0) is 11.3 Å². The molecule has 0 radical (unpaired) electrons. The molecule has 0 atom stereocenters. The van der Waals surface area contributed by atoms with Crippen LogP contribution in [0.4, 0.5) is 0 Å². The maximum absolute atomic E-state index is 11.8. The predicted molar refractivity (Wildman–Crippen MR) is 91.3 cm³/mol. The molecule has 1 aromatic carbocycles. The van der Waals surface area contributed by atoms with Crippen molar-refractivity contribution in [3.8, 4) is 5.75 Å². The summed E-state index contributed by atoms with van der Waals surface area (Å²) in [5.74, 6) is 0.200. The normalized spacial score (nSPS) is 10.6. The van der Waals surface area contributed by atoms with Gasteiger partial charge in [-0.15, -0.1) is 0 Å². The molecule has 0 spiro atoms. The smallest absolute Gasteiger partial charge is 0.257 e. The SMILES string of the molecule is Cc1cc(C)n(CCCNC(=O)COc2cc(Cl)ccc2Cl)n1. The van der Waals surface area contributed by atoms with Gasteiger partial charge in [0.15, 0.2) is 6.61 Å². The summed E-state index contributed by atoms with van der Waals surface area (Å²) in [6.07, 6.45) is 0.797. The van der Waals surface area contributed by atoms with Crippen molar-refractivity contribution < 1.29 is 9.53 Å². The van der Waals surface area contributed by atoms with Gasteiger partial charge in [0, 0.05) is 29.9 Å². The lowest BCUT2D eigenvalue weighted by atomic mass is 10.3. The van der Waals surface area contributed by atoms with Gasteiger partial charge in [-0.25, -0.2) is 0 Å². The Balaban J connectivity index is 1.69. The van der Waals surface area contributed by atoms with E-state index in [0.717, 1.165) is 24.4 Å². The van der Waals surface area contributed by atoms with E-state index in [1.54, 1.807) is 18.2 Å². The van der Waals surface area contributed by atoms with Crippen LogP contribution in [0.3, 0.4) is 0 Å².